The van der Waals surface area contributed by atoms with Gasteiger partial charge in [-0.3, -0.25) is 4.79 Å². The van der Waals surface area contributed by atoms with Crippen LogP contribution in [0, 0.1) is 6.92 Å². The molecule has 0 saturated heterocycles. The summed E-state index contributed by atoms with van der Waals surface area (Å²) >= 11 is 0. The second-order valence-corrected chi connectivity index (χ2v) is 5.13. The van der Waals surface area contributed by atoms with Gasteiger partial charge in [0.05, 0.1) is 17.7 Å². The van der Waals surface area contributed by atoms with Crippen molar-refractivity contribution in [2.45, 2.75) is 20.3 Å². The van der Waals surface area contributed by atoms with Crippen LogP contribution in [0.15, 0.2) is 36.4 Å². The highest BCUT2D eigenvalue weighted by Gasteiger charge is 2.16. The number of carbonyl (C=O) groups excluding carboxylic acids is 2. The molecule has 0 aromatic heterocycles. The first-order chi connectivity index (χ1) is 10.9. The van der Waals surface area contributed by atoms with E-state index in [1.807, 2.05) is 0 Å². The molecule has 0 aliphatic rings. The number of rotatable bonds is 5. The summed E-state index contributed by atoms with van der Waals surface area (Å²) in [7, 11) is 0. The second-order valence-electron chi connectivity index (χ2n) is 5.13. The summed E-state index contributed by atoms with van der Waals surface area (Å²) in [6, 6.07) is 9.38. The van der Waals surface area contributed by atoms with E-state index >= 15 is 0 Å². The first-order valence-electron chi connectivity index (χ1n) is 7.24. The number of phenols is 2. The van der Waals surface area contributed by atoms with Crippen molar-refractivity contribution < 1.29 is 24.5 Å². The fourth-order valence-corrected chi connectivity index (χ4v) is 2.22. The maximum atomic E-state index is 12.3. The summed E-state index contributed by atoms with van der Waals surface area (Å²) in [6.45, 7) is 3.53. The van der Waals surface area contributed by atoms with Crippen LogP contribution in [0.4, 0.5) is 0 Å². The Morgan fingerprint density at radius 3 is 2.57 bits per heavy atom. The monoisotopic (exact) mass is 314 g/mol. The van der Waals surface area contributed by atoms with E-state index in [9.17, 15) is 19.8 Å². The standard InChI is InChI=1S/C18H18O5/c1-3-23-18(22)13-6-4-5-12(9-13)10-16(20)14-7-8-15(19)11(2)17(14)21/h4-9,19,21H,3,10H2,1-2H3. The van der Waals surface area contributed by atoms with E-state index in [1.54, 1.807) is 31.2 Å². The summed E-state index contributed by atoms with van der Waals surface area (Å²) in [5.74, 6) is -1.03. The Kier molecular flexibility index (Phi) is 5.01. The van der Waals surface area contributed by atoms with Crippen LogP contribution in [0.5, 0.6) is 11.5 Å². The highest BCUT2D eigenvalue weighted by Crippen LogP contribution is 2.30. The van der Waals surface area contributed by atoms with Gasteiger partial charge in [0, 0.05) is 12.0 Å². The highest BCUT2D eigenvalue weighted by atomic mass is 16.5. The SMILES string of the molecule is CCOC(=O)c1cccc(CC(=O)c2ccc(O)c(C)c2O)c1. The number of phenolic OH excluding ortho intramolecular Hbond substituents is 2. The van der Waals surface area contributed by atoms with Crippen LogP contribution in [0.25, 0.3) is 0 Å². The molecule has 0 saturated carbocycles. The fourth-order valence-electron chi connectivity index (χ4n) is 2.22. The van der Waals surface area contributed by atoms with Crippen molar-refractivity contribution in [1.82, 2.24) is 0 Å². The van der Waals surface area contributed by atoms with Crippen LogP contribution < -0.4 is 0 Å². The lowest BCUT2D eigenvalue weighted by atomic mass is 9.99. The van der Waals surface area contributed by atoms with E-state index in [0.717, 1.165) is 0 Å². The molecular formula is C18H18O5. The van der Waals surface area contributed by atoms with Crippen LogP contribution in [0.2, 0.25) is 0 Å². The molecule has 2 rings (SSSR count). The zero-order chi connectivity index (χ0) is 17.0. The molecule has 0 heterocycles. The fraction of sp³-hybridized carbons (Fsp3) is 0.222. The van der Waals surface area contributed by atoms with Crippen molar-refractivity contribution in [2.75, 3.05) is 6.61 Å². The molecule has 0 amide bonds. The molecule has 0 unspecified atom stereocenters. The third kappa shape index (κ3) is 3.69. The van der Waals surface area contributed by atoms with Crippen molar-refractivity contribution in [3.8, 4) is 11.5 Å². The molecule has 0 aliphatic heterocycles. The Bertz CT molecular complexity index is 749. The quantitative estimate of drug-likeness (QED) is 0.654. The van der Waals surface area contributed by atoms with E-state index < -0.39 is 5.97 Å². The lowest BCUT2D eigenvalue weighted by Crippen LogP contribution is -2.08. The molecule has 2 N–H and O–H groups in total. The average molecular weight is 314 g/mol. The number of Topliss-reactive ketones (excluding diaryl/α,β-unsaturated/α-hetero) is 1. The molecule has 5 nitrogen and oxygen atoms in total. The number of aromatic hydroxyl groups is 2. The molecular weight excluding hydrogens is 296 g/mol. The van der Waals surface area contributed by atoms with Gasteiger partial charge in [0.1, 0.15) is 11.5 Å². The molecule has 0 aliphatic carbocycles. The normalized spacial score (nSPS) is 10.3. The van der Waals surface area contributed by atoms with E-state index in [2.05, 4.69) is 0 Å². The third-order valence-electron chi connectivity index (χ3n) is 3.51. The first-order valence-corrected chi connectivity index (χ1v) is 7.24. The number of ketones is 1. The molecule has 0 atom stereocenters. The molecule has 120 valence electrons. The van der Waals surface area contributed by atoms with Crippen LogP contribution in [-0.2, 0) is 11.2 Å². The predicted molar refractivity (Wildman–Crippen MR) is 84.9 cm³/mol. The topological polar surface area (TPSA) is 83.8 Å². The molecule has 2 aromatic carbocycles. The largest absolute Gasteiger partial charge is 0.508 e. The first kappa shape index (κ1) is 16.5. The van der Waals surface area contributed by atoms with Gasteiger partial charge in [-0.05, 0) is 43.7 Å². The van der Waals surface area contributed by atoms with E-state index in [1.165, 1.54) is 19.1 Å². The minimum atomic E-state index is -0.440. The predicted octanol–water partition coefficient (Wildman–Crippen LogP) is 3.01. The zero-order valence-electron chi connectivity index (χ0n) is 13.0. The molecule has 0 radical (unpaired) electrons. The summed E-state index contributed by atoms with van der Waals surface area (Å²) in [5.41, 5.74) is 1.42. The van der Waals surface area contributed by atoms with Gasteiger partial charge >= 0.3 is 5.97 Å². The van der Waals surface area contributed by atoms with Gasteiger partial charge in [-0.15, -0.1) is 0 Å². The van der Waals surface area contributed by atoms with Crippen LogP contribution >= 0.6 is 0 Å². The lowest BCUT2D eigenvalue weighted by Gasteiger charge is -2.09. The van der Waals surface area contributed by atoms with Crippen molar-refractivity contribution >= 4 is 11.8 Å². The Morgan fingerprint density at radius 2 is 1.87 bits per heavy atom. The molecule has 0 bridgehead atoms. The molecule has 2 aromatic rings. The lowest BCUT2D eigenvalue weighted by molar-refractivity contribution is 0.0526. The Hall–Kier alpha value is -2.82. The van der Waals surface area contributed by atoms with Gasteiger partial charge in [-0.25, -0.2) is 4.79 Å². The smallest absolute Gasteiger partial charge is 0.338 e. The maximum Gasteiger partial charge on any atom is 0.338 e. The number of hydrogen-bond donors (Lipinski definition) is 2. The third-order valence-corrected chi connectivity index (χ3v) is 3.51. The van der Waals surface area contributed by atoms with Crippen molar-refractivity contribution in [2.24, 2.45) is 0 Å². The van der Waals surface area contributed by atoms with Gasteiger partial charge in [-0.1, -0.05) is 12.1 Å². The summed E-state index contributed by atoms with van der Waals surface area (Å²) in [4.78, 5) is 24.1. The number of carbonyl (C=O) groups is 2. The van der Waals surface area contributed by atoms with E-state index in [0.29, 0.717) is 11.1 Å². The minimum absolute atomic E-state index is 0.0328. The Balaban J connectivity index is 2.23. The average Bonchev–Trinajstić information content (AvgIpc) is 2.53. The maximum absolute atomic E-state index is 12.3. The Labute approximate surface area is 134 Å². The Morgan fingerprint density at radius 1 is 1.13 bits per heavy atom. The van der Waals surface area contributed by atoms with Gasteiger partial charge in [0.15, 0.2) is 5.78 Å². The summed E-state index contributed by atoms with van der Waals surface area (Å²) in [5, 5.41) is 19.5. The van der Waals surface area contributed by atoms with Crippen LogP contribution in [0.1, 0.15) is 38.8 Å². The molecule has 5 heteroatoms. The number of esters is 1. The number of benzene rings is 2. The summed E-state index contributed by atoms with van der Waals surface area (Å²) in [6.07, 6.45) is 0.0328. The van der Waals surface area contributed by atoms with Crippen LogP contribution in [-0.4, -0.2) is 28.6 Å². The van der Waals surface area contributed by atoms with Crippen molar-refractivity contribution in [1.29, 1.82) is 0 Å². The highest BCUT2D eigenvalue weighted by molar-refractivity contribution is 6.00. The molecule has 23 heavy (non-hydrogen) atoms. The van der Waals surface area contributed by atoms with Crippen molar-refractivity contribution in [3.63, 3.8) is 0 Å². The van der Waals surface area contributed by atoms with E-state index in [-0.39, 0.29) is 41.4 Å². The van der Waals surface area contributed by atoms with Gasteiger partial charge in [-0.2, -0.15) is 0 Å². The van der Waals surface area contributed by atoms with Crippen LogP contribution in [0.3, 0.4) is 0 Å². The second kappa shape index (κ2) is 6.96. The van der Waals surface area contributed by atoms with Gasteiger partial charge in [0.2, 0.25) is 0 Å². The zero-order valence-corrected chi connectivity index (χ0v) is 13.0. The minimum Gasteiger partial charge on any atom is -0.508 e. The number of ether oxygens (including phenoxy) is 1. The van der Waals surface area contributed by atoms with Crippen molar-refractivity contribution in [3.05, 3.63) is 58.7 Å². The molecule has 0 fully saturated rings. The van der Waals surface area contributed by atoms with Gasteiger partial charge in [0.25, 0.3) is 0 Å². The number of hydrogen-bond acceptors (Lipinski definition) is 5. The molecule has 0 spiro atoms. The van der Waals surface area contributed by atoms with E-state index in [4.69, 9.17) is 4.74 Å². The van der Waals surface area contributed by atoms with Gasteiger partial charge < -0.3 is 14.9 Å². The summed E-state index contributed by atoms with van der Waals surface area (Å²) < 4.78 is 4.93.